The van der Waals surface area contributed by atoms with E-state index >= 15 is 0 Å². The van der Waals surface area contributed by atoms with Crippen LogP contribution in [0.4, 0.5) is 17.6 Å². The first-order valence-corrected chi connectivity index (χ1v) is 7.70. The highest BCUT2D eigenvalue weighted by molar-refractivity contribution is 7.97. The minimum atomic E-state index is -4.66. The molecule has 0 aliphatic rings. The predicted molar refractivity (Wildman–Crippen MR) is 83.3 cm³/mol. The lowest BCUT2D eigenvalue weighted by molar-refractivity contribution is -0.169. The lowest BCUT2D eigenvalue weighted by Gasteiger charge is -2.29. The van der Waals surface area contributed by atoms with Gasteiger partial charge in [0.25, 0.3) is 5.56 Å². The van der Waals surface area contributed by atoms with Gasteiger partial charge >= 0.3 is 6.18 Å². The van der Waals surface area contributed by atoms with Crippen LogP contribution in [0.5, 0.6) is 0 Å². The fourth-order valence-corrected chi connectivity index (χ4v) is 3.05. The number of nitrogens with zero attached hydrogens (tertiary/aromatic N) is 3. The highest BCUT2D eigenvalue weighted by atomic mass is 35.5. The summed E-state index contributed by atoms with van der Waals surface area (Å²) in [5.41, 5.74) is -0.745. The topological polar surface area (TPSA) is 38.1 Å². The molecule has 1 atom stereocenters. The molecule has 130 valence electrons. The predicted octanol–water partition coefficient (Wildman–Crippen LogP) is 3.82. The normalized spacial score (nSPS) is 13.3. The molecule has 24 heavy (non-hydrogen) atoms. The number of hydrogen-bond acceptors (Lipinski definition) is 4. The third kappa shape index (κ3) is 4.28. The minimum Gasteiger partial charge on any atom is -0.268 e. The SMILES string of the molecule is CN(Sc1cnn(C)c(=O)c1)C(c1ccc(Cl)c(F)c1)C(F)(F)F. The van der Waals surface area contributed by atoms with Crippen molar-refractivity contribution in [3.05, 3.63) is 57.2 Å². The first kappa shape index (κ1) is 18.8. The Labute approximate surface area is 144 Å². The second kappa shape index (κ2) is 7.12. The van der Waals surface area contributed by atoms with Crippen LogP contribution in [0.25, 0.3) is 0 Å². The van der Waals surface area contributed by atoms with E-state index in [0.29, 0.717) is 11.9 Å². The Bertz CT molecular complexity index is 796. The molecule has 1 heterocycles. The van der Waals surface area contributed by atoms with Crippen molar-refractivity contribution in [3.8, 4) is 0 Å². The molecule has 0 saturated heterocycles. The molecule has 0 fully saturated rings. The van der Waals surface area contributed by atoms with Crippen molar-refractivity contribution in [3.63, 3.8) is 0 Å². The smallest absolute Gasteiger partial charge is 0.268 e. The van der Waals surface area contributed by atoms with E-state index in [9.17, 15) is 22.4 Å². The van der Waals surface area contributed by atoms with Crippen LogP contribution < -0.4 is 5.56 Å². The van der Waals surface area contributed by atoms with Gasteiger partial charge in [-0.15, -0.1) is 0 Å². The van der Waals surface area contributed by atoms with Crippen LogP contribution in [0.3, 0.4) is 0 Å². The summed E-state index contributed by atoms with van der Waals surface area (Å²) in [6.45, 7) is 0. The highest BCUT2D eigenvalue weighted by Crippen LogP contribution is 2.42. The van der Waals surface area contributed by atoms with Crippen molar-refractivity contribution in [1.82, 2.24) is 14.1 Å². The van der Waals surface area contributed by atoms with Crippen LogP contribution >= 0.6 is 23.5 Å². The van der Waals surface area contributed by atoms with Crippen LogP contribution in [0.2, 0.25) is 5.02 Å². The number of rotatable bonds is 4. The maximum Gasteiger partial charge on any atom is 0.408 e. The van der Waals surface area contributed by atoms with Gasteiger partial charge in [-0.2, -0.15) is 18.3 Å². The molecule has 1 aromatic heterocycles. The molecule has 0 aliphatic heterocycles. The van der Waals surface area contributed by atoms with E-state index in [2.05, 4.69) is 5.10 Å². The van der Waals surface area contributed by atoms with Crippen molar-refractivity contribution < 1.29 is 17.6 Å². The van der Waals surface area contributed by atoms with E-state index in [0.717, 1.165) is 27.2 Å². The van der Waals surface area contributed by atoms with E-state index in [1.54, 1.807) is 0 Å². The second-order valence-corrected chi connectivity index (χ2v) is 6.55. The van der Waals surface area contributed by atoms with Gasteiger partial charge in [-0.1, -0.05) is 17.7 Å². The summed E-state index contributed by atoms with van der Waals surface area (Å²) >= 11 is 6.21. The Morgan fingerprint density at radius 1 is 1.33 bits per heavy atom. The van der Waals surface area contributed by atoms with Gasteiger partial charge in [0.05, 0.1) is 11.2 Å². The second-order valence-electron chi connectivity index (χ2n) is 4.91. The fraction of sp³-hybridized carbons (Fsp3) is 0.286. The van der Waals surface area contributed by atoms with Gasteiger partial charge in [0, 0.05) is 18.0 Å². The molecule has 2 aromatic rings. The average Bonchev–Trinajstić information content (AvgIpc) is 2.45. The summed E-state index contributed by atoms with van der Waals surface area (Å²) < 4.78 is 55.8. The summed E-state index contributed by atoms with van der Waals surface area (Å²) in [5, 5.41) is 3.49. The molecule has 0 aliphatic carbocycles. The molecule has 0 bridgehead atoms. The zero-order valence-electron chi connectivity index (χ0n) is 12.5. The monoisotopic (exact) mass is 381 g/mol. The van der Waals surface area contributed by atoms with Gasteiger partial charge in [0.1, 0.15) is 11.9 Å². The maximum absolute atomic E-state index is 13.5. The average molecular weight is 382 g/mol. The first-order valence-electron chi connectivity index (χ1n) is 6.55. The van der Waals surface area contributed by atoms with Gasteiger partial charge in [-0.25, -0.2) is 13.4 Å². The molecule has 0 radical (unpaired) electrons. The van der Waals surface area contributed by atoms with E-state index in [1.165, 1.54) is 26.4 Å². The number of aromatic nitrogens is 2. The molecule has 10 heteroatoms. The Balaban J connectivity index is 2.35. The molecule has 4 nitrogen and oxygen atoms in total. The van der Waals surface area contributed by atoms with Gasteiger partial charge < -0.3 is 0 Å². The Kier molecular flexibility index (Phi) is 5.56. The number of halogens is 5. The molecule has 0 saturated carbocycles. The van der Waals surface area contributed by atoms with Crippen molar-refractivity contribution in [2.75, 3.05) is 7.05 Å². The molecular weight excluding hydrogens is 370 g/mol. The zero-order valence-corrected chi connectivity index (χ0v) is 14.1. The molecule has 0 N–H and O–H groups in total. The van der Waals surface area contributed by atoms with Gasteiger partial charge in [0.15, 0.2) is 0 Å². The quantitative estimate of drug-likeness (QED) is 0.596. The minimum absolute atomic E-state index is 0.240. The molecule has 2 rings (SSSR count). The standard InChI is InChI=1S/C14H12ClF4N3OS/c1-21-12(23)6-9(7-20-21)24-22(2)13(14(17,18)19)8-3-4-10(15)11(16)5-8/h3-7,13H,1-2H3. The van der Waals surface area contributed by atoms with Gasteiger partial charge in [-0.05, 0) is 36.7 Å². The summed E-state index contributed by atoms with van der Waals surface area (Å²) in [4.78, 5) is 11.8. The lowest BCUT2D eigenvalue weighted by Crippen LogP contribution is -2.32. The van der Waals surface area contributed by atoms with E-state index in [4.69, 9.17) is 11.6 Å². The summed E-state index contributed by atoms with van der Waals surface area (Å²) in [5.74, 6) is -0.933. The third-order valence-electron chi connectivity index (χ3n) is 3.13. The number of alkyl halides is 3. The van der Waals surface area contributed by atoms with Crippen molar-refractivity contribution in [1.29, 1.82) is 0 Å². The van der Waals surface area contributed by atoms with Gasteiger partial charge in [0.2, 0.25) is 0 Å². The van der Waals surface area contributed by atoms with Crippen LogP contribution in [0, 0.1) is 5.82 Å². The van der Waals surface area contributed by atoms with Crippen LogP contribution in [-0.4, -0.2) is 27.3 Å². The largest absolute Gasteiger partial charge is 0.408 e. The molecule has 1 unspecified atom stereocenters. The Hall–Kier alpha value is -1.58. The number of aryl methyl sites for hydroxylation is 1. The van der Waals surface area contributed by atoms with Crippen molar-refractivity contribution >= 4 is 23.5 Å². The van der Waals surface area contributed by atoms with Crippen LogP contribution in [-0.2, 0) is 7.05 Å². The third-order valence-corrected chi connectivity index (χ3v) is 4.36. The van der Waals surface area contributed by atoms with E-state index in [1.807, 2.05) is 0 Å². The van der Waals surface area contributed by atoms with Crippen molar-refractivity contribution in [2.24, 2.45) is 7.05 Å². The van der Waals surface area contributed by atoms with Crippen molar-refractivity contribution in [2.45, 2.75) is 17.1 Å². The zero-order chi connectivity index (χ0) is 18.1. The summed E-state index contributed by atoms with van der Waals surface area (Å²) in [7, 11) is 2.63. The first-order chi connectivity index (χ1) is 11.1. The number of benzene rings is 1. The maximum atomic E-state index is 13.5. The summed E-state index contributed by atoms with van der Waals surface area (Å²) in [6.07, 6.45) is -3.38. The highest BCUT2D eigenvalue weighted by Gasteiger charge is 2.44. The number of hydrogen-bond donors (Lipinski definition) is 0. The molecule has 0 spiro atoms. The fourth-order valence-electron chi connectivity index (χ4n) is 2.01. The van der Waals surface area contributed by atoms with Gasteiger partial charge in [-0.3, -0.25) is 4.79 Å². The van der Waals surface area contributed by atoms with Crippen LogP contribution in [0.1, 0.15) is 11.6 Å². The van der Waals surface area contributed by atoms with E-state index < -0.39 is 23.6 Å². The molecule has 0 amide bonds. The summed E-state index contributed by atoms with van der Waals surface area (Å²) in [6, 6.07) is 2.02. The van der Waals surface area contributed by atoms with E-state index in [-0.39, 0.29) is 15.5 Å². The van der Waals surface area contributed by atoms with Crippen LogP contribution in [0.15, 0.2) is 40.2 Å². The Morgan fingerprint density at radius 2 is 2.00 bits per heavy atom. The lowest BCUT2D eigenvalue weighted by atomic mass is 10.1. The molecular formula is C14H12ClF4N3OS. The Morgan fingerprint density at radius 3 is 2.54 bits per heavy atom. The molecule has 1 aromatic carbocycles.